The topological polar surface area (TPSA) is 4.93 Å². The van der Waals surface area contributed by atoms with Gasteiger partial charge in [0.2, 0.25) is 0 Å². The van der Waals surface area contributed by atoms with Crippen LogP contribution in [0.3, 0.4) is 0 Å². The van der Waals surface area contributed by atoms with Gasteiger partial charge in [0, 0.05) is 6.20 Å². The molecule has 0 amide bonds. The van der Waals surface area contributed by atoms with Gasteiger partial charge >= 0.3 is 0 Å². The lowest BCUT2D eigenvalue weighted by atomic mass is 10.7. The standard InChI is InChI=1S/C4H4FNS/c5-6-3-1-2-4(6)7/h1-3,7H. The second-order valence-electron chi connectivity index (χ2n) is 1.18. The zero-order valence-electron chi connectivity index (χ0n) is 3.50. The Labute approximate surface area is 46.1 Å². The minimum atomic E-state index is 0.333. The van der Waals surface area contributed by atoms with Gasteiger partial charge in [-0.3, -0.25) is 0 Å². The molecular weight excluding hydrogens is 113 g/mol. The summed E-state index contributed by atoms with van der Waals surface area (Å²) in [6, 6.07) is 3.16. The molecule has 0 saturated heterocycles. The van der Waals surface area contributed by atoms with Crippen molar-refractivity contribution in [1.29, 1.82) is 0 Å². The molecule has 1 nitrogen and oxygen atoms in total. The van der Waals surface area contributed by atoms with Crippen LogP contribution in [0.15, 0.2) is 23.4 Å². The van der Waals surface area contributed by atoms with E-state index in [0.717, 1.165) is 0 Å². The lowest BCUT2D eigenvalue weighted by molar-refractivity contribution is 0.339. The SMILES string of the molecule is Fn1cccc1S. The fraction of sp³-hybridized carbons (Fsp3) is 0. The molecule has 0 spiro atoms. The van der Waals surface area contributed by atoms with Crippen LogP contribution in [0, 0.1) is 0 Å². The maximum absolute atomic E-state index is 11.9. The Hall–Kier alpha value is -0.440. The molecule has 0 radical (unpaired) electrons. The van der Waals surface area contributed by atoms with Crippen LogP contribution in [0.2, 0.25) is 0 Å². The van der Waals surface area contributed by atoms with Crippen LogP contribution in [0.5, 0.6) is 0 Å². The second kappa shape index (κ2) is 1.58. The third-order valence-electron chi connectivity index (χ3n) is 0.681. The van der Waals surface area contributed by atoms with Crippen molar-refractivity contribution in [2.24, 2.45) is 0 Å². The fourth-order valence-electron chi connectivity index (χ4n) is 0.352. The molecule has 0 aliphatic carbocycles. The third-order valence-corrected chi connectivity index (χ3v) is 1.02. The van der Waals surface area contributed by atoms with Gasteiger partial charge < -0.3 is 0 Å². The molecule has 0 aliphatic rings. The summed E-state index contributed by atoms with van der Waals surface area (Å²) in [6.07, 6.45) is 1.29. The predicted octanol–water partition coefficient (Wildman–Crippen LogP) is 1.51. The molecule has 1 heterocycles. The maximum atomic E-state index is 11.9. The average molecular weight is 117 g/mol. The van der Waals surface area contributed by atoms with Crippen LogP contribution < -0.4 is 0 Å². The van der Waals surface area contributed by atoms with E-state index >= 15 is 0 Å². The Bertz CT molecular complexity index is 144. The maximum Gasteiger partial charge on any atom is 0.104 e. The van der Waals surface area contributed by atoms with E-state index in [1.165, 1.54) is 6.20 Å². The summed E-state index contributed by atoms with van der Waals surface area (Å²) in [5.41, 5.74) is 0. The number of hydrogen-bond donors (Lipinski definition) is 1. The van der Waals surface area contributed by atoms with Gasteiger partial charge in [-0.05, 0) is 12.1 Å². The first kappa shape index (κ1) is 4.71. The van der Waals surface area contributed by atoms with Crippen LogP contribution in [0.4, 0.5) is 4.48 Å². The Balaban J connectivity index is 3.12. The Morgan fingerprint density at radius 1 is 1.71 bits per heavy atom. The van der Waals surface area contributed by atoms with E-state index in [2.05, 4.69) is 12.6 Å². The molecule has 7 heavy (non-hydrogen) atoms. The van der Waals surface area contributed by atoms with Gasteiger partial charge in [-0.2, -0.15) is 4.79 Å². The van der Waals surface area contributed by atoms with Crippen LogP contribution in [0.25, 0.3) is 0 Å². The van der Waals surface area contributed by atoms with Crippen molar-refractivity contribution in [1.82, 2.24) is 4.79 Å². The molecular formula is C4H4FNS. The summed E-state index contributed by atoms with van der Waals surface area (Å²) in [4.78, 5) is 0.448. The molecule has 1 aromatic heterocycles. The first-order chi connectivity index (χ1) is 3.30. The Morgan fingerprint density at radius 3 is 2.57 bits per heavy atom. The van der Waals surface area contributed by atoms with Crippen molar-refractivity contribution in [3.8, 4) is 0 Å². The molecule has 0 fully saturated rings. The van der Waals surface area contributed by atoms with Crippen molar-refractivity contribution in [3.63, 3.8) is 0 Å². The van der Waals surface area contributed by atoms with Gasteiger partial charge in [0.1, 0.15) is 5.03 Å². The third kappa shape index (κ3) is 0.771. The van der Waals surface area contributed by atoms with E-state index in [1.807, 2.05) is 0 Å². The Kier molecular flexibility index (Phi) is 1.06. The van der Waals surface area contributed by atoms with E-state index in [1.54, 1.807) is 12.1 Å². The highest BCUT2D eigenvalue weighted by Crippen LogP contribution is 2.04. The lowest BCUT2D eigenvalue weighted by Crippen LogP contribution is -1.73. The highest BCUT2D eigenvalue weighted by atomic mass is 32.1. The predicted molar refractivity (Wildman–Crippen MR) is 28.2 cm³/mol. The van der Waals surface area contributed by atoms with E-state index in [0.29, 0.717) is 9.82 Å². The van der Waals surface area contributed by atoms with Gasteiger partial charge in [-0.15, -0.1) is 12.6 Å². The fourth-order valence-corrected chi connectivity index (χ4v) is 0.505. The lowest BCUT2D eigenvalue weighted by Gasteiger charge is -1.82. The summed E-state index contributed by atoms with van der Waals surface area (Å²) >= 11 is 3.74. The van der Waals surface area contributed by atoms with Gasteiger partial charge in [0.05, 0.1) is 0 Å². The normalized spacial score (nSPS) is 9.43. The highest BCUT2D eigenvalue weighted by molar-refractivity contribution is 7.80. The summed E-state index contributed by atoms with van der Waals surface area (Å²) in [5.74, 6) is 0. The molecule has 0 bridgehead atoms. The van der Waals surface area contributed by atoms with Gasteiger partial charge in [-0.25, -0.2) is 0 Å². The van der Waals surface area contributed by atoms with Crippen molar-refractivity contribution in [2.45, 2.75) is 5.03 Å². The van der Waals surface area contributed by atoms with Crippen molar-refractivity contribution in [2.75, 3.05) is 0 Å². The summed E-state index contributed by atoms with van der Waals surface area (Å²) in [6.45, 7) is 0. The monoisotopic (exact) mass is 117 g/mol. The number of rotatable bonds is 0. The van der Waals surface area contributed by atoms with Crippen molar-refractivity contribution in [3.05, 3.63) is 18.3 Å². The quantitative estimate of drug-likeness (QED) is 0.491. The number of nitrogens with zero attached hydrogens (tertiary/aromatic N) is 1. The van der Waals surface area contributed by atoms with Crippen molar-refractivity contribution >= 4 is 12.6 Å². The number of aromatic nitrogens is 1. The molecule has 0 unspecified atom stereocenters. The zero-order chi connectivity index (χ0) is 5.28. The van der Waals surface area contributed by atoms with Crippen LogP contribution >= 0.6 is 12.6 Å². The van der Waals surface area contributed by atoms with Gasteiger partial charge in [0.25, 0.3) is 0 Å². The molecule has 0 aliphatic heterocycles. The van der Waals surface area contributed by atoms with E-state index < -0.39 is 0 Å². The Morgan fingerprint density at radius 2 is 2.43 bits per heavy atom. The summed E-state index contributed by atoms with van der Waals surface area (Å²) in [7, 11) is 0. The van der Waals surface area contributed by atoms with Crippen molar-refractivity contribution < 1.29 is 4.48 Å². The first-order valence-corrected chi connectivity index (χ1v) is 2.28. The summed E-state index contributed by atoms with van der Waals surface area (Å²) < 4.78 is 11.9. The highest BCUT2D eigenvalue weighted by Gasteiger charge is 1.87. The van der Waals surface area contributed by atoms with E-state index in [4.69, 9.17) is 0 Å². The molecule has 38 valence electrons. The molecule has 1 rings (SSSR count). The molecule has 0 saturated carbocycles. The van der Waals surface area contributed by atoms with Crippen LogP contribution in [-0.4, -0.2) is 4.79 Å². The molecule has 0 atom stereocenters. The molecule has 3 heteroatoms. The average Bonchev–Trinajstić information content (AvgIpc) is 1.91. The van der Waals surface area contributed by atoms with Crippen LogP contribution in [0.1, 0.15) is 0 Å². The zero-order valence-corrected chi connectivity index (χ0v) is 4.40. The van der Waals surface area contributed by atoms with Gasteiger partial charge in [-0.1, -0.05) is 4.48 Å². The first-order valence-electron chi connectivity index (χ1n) is 1.83. The molecule has 1 aromatic rings. The smallest absolute Gasteiger partial charge is 0.104 e. The number of thiol groups is 1. The minimum Gasteiger partial charge on any atom is -0.181 e. The van der Waals surface area contributed by atoms with Gasteiger partial charge in [0.15, 0.2) is 0 Å². The van der Waals surface area contributed by atoms with Crippen LogP contribution in [-0.2, 0) is 0 Å². The number of halogens is 1. The minimum absolute atomic E-state index is 0.333. The molecule has 0 N–H and O–H groups in total. The second-order valence-corrected chi connectivity index (χ2v) is 1.64. The van der Waals surface area contributed by atoms with E-state index in [-0.39, 0.29) is 0 Å². The number of hydrogen-bond acceptors (Lipinski definition) is 1. The summed E-state index contributed by atoms with van der Waals surface area (Å²) in [5, 5.41) is 0.333. The molecule has 0 aromatic carbocycles. The van der Waals surface area contributed by atoms with E-state index in [9.17, 15) is 4.48 Å². The largest absolute Gasteiger partial charge is 0.181 e.